The standard InChI is InChI=1S/C15H21N3O3S/c16-12-6-8-18(9-7-12)15(19)11-2-1-3-14(10-11)22(20,21)17-13-4-5-13/h1-3,10,12-13,17H,4-9,16H2. The van der Waals surface area contributed by atoms with Crippen molar-refractivity contribution in [3.05, 3.63) is 29.8 Å². The predicted molar refractivity (Wildman–Crippen MR) is 82.9 cm³/mol. The minimum Gasteiger partial charge on any atom is -0.339 e. The zero-order chi connectivity index (χ0) is 15.7. The minimum absolute atomic E-state index is 0.0490. The molecule has 2 aliphatic rings. The van der Waals surface area contributed by atoms with Gasteiger partial charge in [0, 0.05) is 30.7 Å². The molecule has 0 spiro atoms. The second-order valence-electron chi connectivity index (χ2n) is 6.05. The Morgan fingerprint density at radius 3 is 2.50 bits per heavy atom. The van der Waals surface area contributed by atoms with Crippen LogP contribution < -0.4 is 10.5 Å². The van der Waals surface area contributed by atoms with E-state index in [4.69, 9.17) is 5.73 Å². The van der Waals surface area contributed by atoms with E-state index in [1.807, 2.05) is 0 Å². The molecular weight excluding hydrogens is 302 g/mol. The number of benzene rings is 1. The molecule has 0 unspecified atom stereocenters. The Labute approximate surface area is 130 Å². The van der Waals surface area contributed by atoms with E-state index in [1.165, 1.54) is 12.1 Å². The summed E-state index contributed by atoms with van der Waals surface area (Å²) < 4.78 is 27.1. The van der Waals surface area contributed by atoms with Gasteiger partial charge in [0.15, 0.2) is 0 Å². The topological polar surface area (TPSA) is 92.5 Å². The van der Waals surface area contributed by atoms with Crippen molar-refractivity contribution in [2.45, 2.75) is 42.7 Å². The molecule has 2 fully saturated rings. The summed E-state index contributed by atoms with van der Waals surface area (Å²) in [6, 6.07) is 6.46. The summed E-state index contributed by atoms with van der Waals surface area (Å²) in [4.78, 5) is 14.4. The molecule has 0 bridgehead atoms. The van der Waals surface area contributed by atoms with Gasteiger partial charge in [-0.15, -0.1) is 0 Å². The Morgan fingerprint density at radius 2 is 1.86 bits per heavy atom. The van der Waals surface area contributed by atoms with Crippen molar-refractivity contribution in [2.24, 2.45) is 5.73 Å². The van der Waals surface area contributed by atoms with Crippen molar-refractivity contribution in [3.63, 3.8) is 0 Å². The quantitative estimate of drug-likeness (QED) is 0.853. The molecule has 1 aromatic carbocycles. The van der Waals surface area contributed by atoms with Crippen LogP contribution in [0, 0.1) is 0 Å². The fourth-order valence-electron chi connectivity index (χ4n) is 2.57. The third kappa shape index (κ3) is 3.48. The second kappa shape index (κ2) is 5.98. The van der Waals surface area contributed by atoms with Crippen LogP contribution >= 0.6 is 0 Å². The van der Waals surface area contributed by atoms with Gasteiger partial charge >= 0.3 is 0 Å². The third-order valence-corrected chi connectivity index (χ3v) is 5.64. The molecule has 22 heavy (non-hydrogen) atoms. The van der Waals surface area contributed by atoms with Gasteiger partial charge in [-0.2, -0.15) is 0 Å². The maximum Gasteiger partial charge on any atom is 0.253 e. The lowest BCUT2D eigenvalue weighted by molar-refractivity contribution is 0.0714. The average molecular weight is 323 g/mol. The first-order valence-electron chi connectivity index (χ1n) is 7.63. The number of nitrogens with two attached hydrogens (primary N) is 1. The zero-order valence-corrected chi connectivity index (χ0v) is 13.2. The van der Waals surface area contributed by atoms with Gasteiger partial charge in [-0.25, -0.2) is 13.1 Å². The number of rotatable bonds is 4. The van der Waals surface area contributed by atoms with Crippen molar-refractivity contribution in [3.8, 4) is 0 Å². The lowest BCUT2D eigenvalue weighted by Gasteiger charge is -2.30. The first-order chi connectivity index (χ1) is 10.5. The monoisotopic (exact) mass is 323 g/mol. The summed E-state index contributed by atoms with van der Waals surface area (Å²) in [5.74, 6) is -0.129. The number of carbonyl (C=O) groups excluding carboxylic acids is 1. The number of sulfonamides is 1. The number of piperidine rings is 1. The summed E-state index contributed by atoms with van der Waals surface area (Å²) in [7, 11) is -3.53. The summed E-state index contributed by atoms with van der Waals surface area (Å²) >= 11 is 0. The van der Waals surface area contributed by atoms with Crippen LogP contribution in [0.1, 0.15) is 36.0 Å². The van der Waals surface area contributed by atoms with Crippen LogP contribution in [-0.2, 0) is 10.0 Å². The molecule has 1 heterocycles. The van der Waals surface area contributed by atoms with Gasteiger partial charge in [0.2, 0.25) is 10.0 Å². The number of carbonyl (C=O) groups is 1. The van der Waals surface area contributed by atoms with Gasteiger partial charge in [-0.1, -0.05) is 6.07 Å². The number of amides is 1. The molecule has 1 aromatic rings. The van der Waals surface area contributed by atoms with Gasteiger partial charge in [0.1, 0.15) is 0 Å². The fraction of sp³-hybridized carbons (Fsp3) is 0.533. The van der Waals surface area contributed by atoms with E-state index >= 15 is 0 Å². The van der Waals surface area contributed by atoms with E-state index < -0.39 is 10.0 Å². The molecular formula is C15H21N3O3S. The molecule has 1 saturated carbocycles. The SMILES string of the molecule is NC1CCN(C(=O)c2cccc(S(=O)(=O)NC3CC3)c2)CC1. The van der Waals surface area contributed by atoms with Crippen molar-refractivity contribution >= 4 is 15.9 Å². The number of likely N-dealkylation sites (tertiary alicyclic amines) is 1. The molecule has 0 aromatic heterocycles. The molecule has 0 atom stereocenters. The number of hydrogen-bond donors (Lipinski definition) is 2. The van der Waals surface area contributed by atoms with Crippen LogP contribution in [0.4, 0.5) is 0 Å². The van der Waals surface area contributed by atoms with Crippen molar-refractivity contribution in [1.29, 1.82) is 0 Å². The molecule has 1 aliphatic heterocycles. The van der Waals surface area contributed by atoms with E-state index in [1.54, 1.807) is 17.0 Å². The maximum atomic E-state index is 12.5. The molecule has 120 valence electrons. The Bertz CT molecular complexity index is 662. The smallest absolute Gasteiger partial charge is 0.253 e. The van der Waals surface area contributed by atoms with Crippen LogP contribution in [0.2, 0.25) is 0 Å². The molecule has 7 heteroatoms. The highest BCUT2D eigenvalue weighted by molar-refractivity contribution is 7.89. The molecule has 6 nitrogen and oxygen atoms in total. The van der Waals surface area contributed by atoms with Gasteiger partial charge in [0.25, 0.3) is 5.91 Å². The minimum atomic E-state index is -3.53. The first kappa shape index (κ1) is 15.5. The third-order valence-electron chi connectivity index (χ3n) is 4.12. The summed E-state index contributed by atoms with van der Waals surface area (Å²) in [6.07, 6.45) is 3.33. The summed E-state index contributed by atoms with van der Waals surface area (Å²) in [5.41, 5.74) is 6.25. The van der Waals surface area contributed by atoms with Gasteiger partial charge in [-0.3, -0.25) is 4.79 Å². The van der Waals surface area contributed by atoms with Crippen molar-refractivity contribution in [2.75, 3.05) is 13.1 Å². The number of hydrogen-bond acceptors (Lipinski definition) is 4. The first-order valence-corrected chi connectivity index (χ1v) is 9.11. The highest BCUT2D eigenvalue weighted by Gasteiger charge is 2.29. The summed E-state index contributed by atoms with van der Waals surface area (Å²) in [6.45, 7) is 1.24. The van der Waals surface area contributed by atoms with E-state index in [-0.39, 0.29) is 22.9 Å². The molecule has 0 radical (unpaired) electrons. The molecule has 1 saturated heterocycles. The van der Waals surface area contributed by atoms with Crippen molar-refractivity contribution in [1.82, 2.24) is 9.62 Å². The number of nitrogens with zero attached hydrogens (tertiary/aromatic N) is 1. The zero-order valence-electron chi connectivity index (χ0n) is 12.4. The lowest BCUT2D eigenvalue weighted by atomic mass is 10.0. The molecule has 1 amide bonds. The average Bonchev–Trinajstić information content (AvgIpc) is 3.31. The molecule has 3 rings (SSSR count). The van der Waals surface area contributed by atoms with Crippen LogP contribution in [0.15, 0.2) is 29.2 Å². The van der Waals surface area contributed by atoms with Crippen LogP contribution in [0.25, 0.3) is 0 Å². The highest BCUT2D eigenvalue weighted by Crippen LogP contribution is 2.23. The van der Waals surface area contributed by atoms with Gasteiger partial charge in [-0.05, 0) is 43.9 Å². The van der Waals surface area contributed by atoms with Crippen molar-refractivity contribution < 1.29 is 13.2 Å². The summed E-state index contributed by atoms with van der Waals surface area (Å²) in [5, 5.41) is 0. The van der Waals surface area contributed by atoms with Crippen LogP contribution in [0.5, 0.6) is 0 Å². The van der Waals surface area contributed by atoms with Crippen LogP contribution in [-0.4, -0.2) is 44.4 Å². The van der Waals surface area contributed by atoms with E-state index in [2.05, 4.69) is 4.72 Å². The van der Waals surface area contributed by atoms with E-state index in [0.717, 1.165) is 25.7 Å². The Hall–Kier alpha value is -1.44. The Kier molecular flexibility index (Phi) is 4.20. The lowest BCUT2D eigenvalue weighted by Crippen LogP contribution is -2.42. The Balaban J connectivity index is 1.77. The van der Waals surface area contributed by atoms with Gasteiger partial charge in [0.05, 0.1) is 4.90 Å². The van der Waals surface area contributed by atoms with E-state index in [0.29, 0.717) is 18.7 Å². The Morgan fingerprint density at radius 1 is 1.18 bits per heavy atom. The van der Waals surface area contributed by atoms with Crippen LogP contribution in [0.3, 0.4) is 0 Å². The van der Waals surface area contributed by atoms with E-state index in [9.17, 15) is 13.2 Å². The predicted octanol–water partition coefficient (Wildman–Crippen LogP) is 0.691. The van der Waals surface area contributed by atoms with Gasteiger partial charge < -0.3 is 10.6 Å². The second-order valence-corrected chi connectivity index (χ2v) is 7.77. The molecule has 3 N–H and O–H groups in total. The fourth-order valence-corrected chi connectivity index (χ4v) is 3.92. The normalized spacial score (nSPS) is 20.1. The largest absolute Gasteiger partial charge is 0.339 e. The molecule has 1 aliphatic carbocycles. The maximum absolute atomic E-state index is 12.5. The number of nitrogens with one attached hydrogen (secondary N) is 1. The highest BCUT2D eigenvalue weighted by atomic mass is 32.2.